The summed E-state index contributed by atoms with van der Waals surface area (Å²) < 4.78 is 14.3. The van der Waals surface area contributed by atoms with Gasteiger partial charge in [-0.2, -0.15) is 0 Å². The van der Waals surface area contributed by atoms with Crippen LogP contribution in [0.5, 0.6) is 0 Å². The van der Waals surface area contributed by atoms with Crippen LogP contribution < -0.4 is 9.80 Å². The first-order valence-electron chi connectivity index (χ1n) is 25.1. The van der Waals surface area contributed by atoms with Crippen LogP contribution >= 0.6 is 0 Å². The normalized spacial score (nSPS) is 15.2. The molecule has 0 radical (unpaired) electrons. The van der Waals surface area contributed by atoms with E-state index in [0.29, 0.717) is 12.1 Å². The van der Waals surface area contributed by atoms with Crippen LogP contribution in [0.1, 0.15) is 64.2 Å². The van der Waals surface area contributed by atoms with E-state index in [0.717, 1.165) is 92.1 Å². The standard InChI is InChI=1S/C64H52N2O2/c1-5-17-41(18-6-1)47-25-13-27-49-51-29-15-31-57(63(51)67-61(47)49)65(45-21-9-3-10-22-45)55-39-35-43-34-38-54-56(40-36-44-33-37-53(55)59(43)60(44)54)66(46-23-11-4-12-24-46)58-32-16-30-52-50-28-14-26-48(62(50)68-64(52)58)42-19-7-2-8-20-42/h1-2,5-8,13-20,25-40,45-46H,3-4,9-12,21-24H2. The molecule has 10 aromatic carbocycles. The summed E-state index contributed by atoms with van der Waals surface area (Å²) in [5.41, 5.74) is 13.2. The van der Waals surface area contributed by atoms with E-state index in [9.17, 15) is 0 Å². The van der Waals surface area contributed by atoms with Crippen molar-refractivity contribution in [2.45, 2.75) is 76.3 Å². The molecule has 12 aromatic rings. The van der Waals surface area contributed by atoms with E-state index in [4.69, 9.17) is 8.83 Å². The Balaban J connectivity index is 0.978. The van der Waals surface area contributed by atoms with Crippen molar-refractivity contribution < 1.29 is 8.83 Å². The smallest absolute Gasteiger partial charge is 0.159 e. The van der Waals surface area contributed by atoms with Crippen LogP contribution in [0.2, 0.25) is 0 Å². The lowest BCUT2D eigenvalue weighted by Crippen LogP contribution is -2.33. The Morgan fingerprint density at radius 1 is 0.294 bits per heavy atom. The summed E-state index contributed by atoms with van der Waals surface area (Å²) in [7, 11) is 0. The second kappa shape index (κ2) is 16.1. The van der Waals surface area contributed by atoms with Gasteiger partial charge in [0.2, 0.25) is 0 Å². The third-order valence-corrected chi connectivity index (χ3v) is 15.7. The molecule has 14 rings (SSSR count). The van der Waals surface area contributed by atoms with E-state index in [1.54, 1.807) is 0 Å². The Bertz CT molecular complexity index is 3580. The first-order chi connectivity index (χ1) is 33.8. The highest BCUT2D eigenvalue weighted by Crippen LogP contribution is 2.50. The Kier molecular flexibility index (Phi) is 9.35. The highest BCUT2D eigenvalue weighted by molar-refractivity contribution is 6.28. The zero-order valence-electron chi connectivity index (χ0n) is 38.3. The Morgan fingerprint density at radius 2 is 0.676 bits per heavy atom. The minimum Gasteiger partial charge on any atom is -0.453 e. The highest BCUT2D eigenvalue weighted by Gasteiger charge is 2.31. The van der Waals surface area contributed by atoms with Gasteiger partial charge in [-0.3, -0.25) is 0 Å². The largest absolute Gasteiger partial charge is 0.453 e. The third-order valence-electron chi connectivity index (χ3n) is 15.7. The molecule has 0 N–H and O–H groups in total. The van der Waals surface area contributed by atoms with Gasteiger partial charge in [-0.05, 0) is 82.6 Å². The monoisotopic (exact) mass is 880 g/mol. The zero-order chi connectivity index (χ0) is 44.7. The first-order valence-corrected chi connectivity index (χ1v) is 25.1. The molecule has 0 saturated heterocycles. The number of anilines is 4. The van der Waals surface area contributed by atoms with Crippen molar-refractivity contribution in [3.63, 3.8) is 0 Å². The summed E-state index contributed by atoms with van der Waals surface area (Å²) in [5, 5.41) is 12.4. The van der Waals surface area contributed by atoms with Gasteiger partial charge in [0, 0.05) is 66.9 Å². The van der Waals surface area contributed by atoms with Crippen molar-refractivity contribution in [3.05, 3.63) is 182 Å². The van der Waals surface area contributed by atoms with Gasteiger partial charge < -0.3 is 18.6 Å². The van der Waals surface area contributed by atoms with E-state index in [1.165, 1.54) is 93.3 Å². The molecule has 0 atom stereocenters. The number of rotatable bonds is 8. The zero-order valence-corrected chi connectivity index (χ0v) is 38.3. The molecule has 2 aromatic heterocycles. The van der Waals surface area contributed by atoms with E-state index < -0.39 is 0 Å². The molecular formula is C64H52N2O2. The maximum absolute atomic E-state index is 7.15. The van der Waals surface area contributed by atoms with Crippen LogP contribution in [0.4, 0.5) is 22.7 Å². The summed E-state index contributed by atoms with van der Waals surface area (Å²) in [4.78, 5) is 5.36. The highest BCUT2D eigenvalue weighted by atomic mass is 16.3. The number of benzene rings is 10. The molecule has 0 aliphatic heterocycles. The first kappa shape index (κ1) is 39.6. The van der Waals surface area contributed by atoms with Crippen LogP contribution in [-0.4, -0.2) is 12.1 Å². The van der Waals surface area contributed by atoms with E-state index in [1.807, 2.05) is 0 Å². The fourth-order valence-corrected chi connectivity index (χ4v) is 12.6. The molecule has 2 fully saturated rings. The average Bonchev–Trinajstić information content (AvgIpc) is 4.00. The van der Waals surface area contributed by atoms with Crippen molar-refractivity contribution in [2.75, 3.05) is 9.80 Å². The average molecular weight is 881 g/mol. The fourth-order valence-electron chi connectivity index (χ4n) is 12.6. The molecule has 0 spiro atoms. The van der Waals surface area contributed by atoms with Gasteiger partial charge in [0.05, 0.1) is 11.4 Å². The van der Waals surface area contributed by atoms with Crippen LogP contribution in [0, 0.1) is 0 Å². The molecule has 0 unspecified atom stereocenters. The number of hydrogen-bond acceptors (Lipinski definition) is 4. The molecule has 0 bridgehead atoms. The SMILES string of the molecule is c1ccc(-c2cccc3c2oc2c(N(c4ccc5ccc6c(N(c7cccc8c7oc7c(-c9ccccc9)cccc78)C7CCCCC7)ccc7ccc4c5c76)C4CCCCC4)cccc23)cc1. The van der Waals surface area contributed by atoms with Gasteiger partial charge in [-0.25, -0.2) is 0 Å². The lowest BCUT2D eigenvalue weighted by atomic mass is 9.89. The van der Waals surface area contributed by atoms with Gasteiger partial charge in [0.15, 0.2) is 11.2 Å². The number of furan rings is 2. The van der Waals surface area contributed by atoms with Crippen molar-refractivity contribution in [1.82, 2.24) is 0 Å². The molecule has 0 amide bonds. The second-order valence-electron chi connectivity index (χ2n) is 19.5. The van der Waals surface area contributed by atoms with Gasteiger partial charge in [0.25, 0.3) is 0 Å². The maximum atomic E-state index is 7.15. The van der Waals surface area contributed by atoms with Crippen molar-refractivity contribution >= 4 is 98.9 Å². The molecule has 2 heterocycles. The topological polar surface area (TPSA) is 32.8 Å². The fraction of sp³-hybridized carbons (Fsp3) is 0.188. The van der Waals surface area contributed by atoms with Gasteiger partial charge in [0.1, 0.15) is 11.2 Å². The van der Waals surface area contributed by atoms with Crippen molar-refractivity contribution in [1.29, 1.82) is 0 Å². The summed E-state index contributed by atoms with van der Waals surface area (Å²) >= 11 is 0. The lowest BCUT2D eigenvalue weighted by Gasteiger charge is -2.38. The molecular weight excluding hydrogens is 829 g/mol. The molecule has 4 heteroatoms. The predicted molar refractivity (Wildman–Crippen MR) is 286 cm³/mol. The van der Waals surface area contributed by atoms with E-state index in [2.05, 4.69) is 192 Å². The Labute approximate surface area is 396 Å². The molecule has 2 aliphatic rings. The quantitative estimate of drug-likeness (QED) is 0.142. The number of fused-ring (bicyclic) bond motifs is 6. The predicted octanol–water partition coefficient (Wildman–Crippen LogP) is 18.7. The minimum atomic E-state index is 0.346. The molecule has 330 valence electrons. The lowest BCUT2D eigenvalue weighted by molar-refractivity contribution is 0.436. The van der Waals surface area contributed by atoms with Gasteiger partial charge in [-0.1, -0.05) is 196 Å². The minimum absolute atomic E-state index is 0.346. The van der Waals surface area contributed by atoms with E-state index >= 15 is 0 Å². The number of para-hydroxylation sites is 4. The van der Waals surface area contributed by atoms with Crippen molar-refractivity contribution in [3.8, 4) is 22.3 Å². The summed E-state index contributed by atoms with van der Waals surface area (Å²) in [6, 6.07) is 67.9. The molecule has 4 nitrogen and oxygen atoms in total. The summed E-state index contributed by atoms with van der Waals surface area (Å²) in [5.74, 6) is 0. The summed E-state index contributed by atoms with van der Waals surface area (Å²) in [6.07, 6.45) is 12.1. The molecule has 68 heavy (non-hydrogen) atoms. The maximum Gasteiger partial charge on any atom is 0.159 e. The Hall–Kier alpha value is -7.56. The van der Waals surface area contributed by atoms with Gasteiger partial charge in [-0.15, -0.1) is 0 Å². The number of nitrogens with zero attached hydrogens (tertiary/aromatic N) is 2. The van der Waals surface area contributed by atoms with Crippen LogP contribution in [0.25, 0.3) is 98.4 Å². The second-order valence-corrected chi connectivity index (χ2v) is 19.5. The van der Waals surface area contributed by atoms with Crippen LogP contribution in [0.3, 0.4) is 0 Å². The summed E-state index contributed by atoms with van der Waals surface area (Å²) in [6.45, 7) is 0. The van der Waals surface area contributed by atoms with Crippen LogP contribution in [0.15, 0.2) is 191 Å². The number of hydrogen-bond donors (Lipinski definition) is 0. The Morgan fingerprint density at radius 3 is 1.10 bits per heavy atom. The molecule has 2 aliphatic carbocycles. The van der Waals surface area contributed by atoms with Crippen molar-refractivity contribution in [2.24, 2.45) is 0 Å². The van der Waals surface area contributed by atoms with E-state index in [-0.39, 0.29) is 0 Å². The van der Waals surface area contributed by atoms with Gasteiger partial charge >= 0.3 is 0 Å². The van der Waals surface area contributed by atoms with Crippen LogP contribution in [-0.2, 0) is 0 Å². The molecule has 2 saturated carbocycles. The third kappa shape index (κ3) is 6.19.